The van der Waals surface area contributed by atoms with Crippen LogP contribution in [0.15, 0.2) is 34.9 Å². The van der Waals surface area contributed by atoms with Crippen LogP contribution in [0.4, 0.5) is 0 Å². The molecule has 1 aromatic carbocycles. The molecule has 0 spiro atoms. The number of carbonyl (C=O) groups is 1. The van der Waals surface area contributed by atoms with Crippen molar-refractivity contribution in [2.45, 2.75) is 19.8 Å². The van der Waals surface area contributed by atoms with Gasteiger partial charge in [0.25, 0.3) is 0 Å². The number of nitrogens with zero attached hydrogens (tertiary/aromatic N) is 2. The van der Waals surface area contributed by atoms with E-state index in [0.29, 0.717) is 6.42 Å². The molecule has 0 aliphatic carbocycles. The molecule has 94 valence electrons. The number of halogens is 1. The normalized spacial score (nSPS) is 10.6. The third kappa shape index (κ3) is 2.79. The first-order valence-corrected chi connectivity index (χ1v) is 6.38. The Morgan fingerprint density at radius 2 is 2.28 bits per heavy atom. The molecule has 0 fully saturated rings. The highest BCUT2D eigenvalue weighted by Crippen LogP contribution is 2.18. The molecule has 0 saturated carbocycles. The zero-order valence-corrected chi connectivity index (χ0v) is 11.5. The molecule has 4 nitrogen and oxygen atoms in total. The summed E-state index contributed by atoms with van der Waals surface area (Å²) in [6, 6.07) is 7.83. The minimum Gasteiger partial charge on any atom is -0.481 e. The zero-order chi connectivity index (χ0) is 13.1. The van der Waals surface area contributed by atoms with Gasteiger partial charge in [0.05, 0.1) is 11.9 Å². The largest absolute Gasteiger partial charge is 0.481 e. The maximum atomic E-state index is 10.6. The molecule has 0 bridgehead atoms. The third-order valence-corrected chi connectivity index (χ3v) is 3.27. The van der Waals surface area contributed by atoms with Gasteiger partial charge in [-0.2, -0.15) is 5.10 Å². The number of carboxylic acids is 1. The van der Waals surface area contributed by atoms with Crippen LogP contribution in [0.1, 0.15) is 17.7 Å². The lowest BCUT2D eigenvalue weighted by atomic mass is 10.1. The molecule has 2 rings (SSSR count). The van der Waals surface area contributed by atoms with Gasteiger partial charge in [0.1, 0.15) is 0 Å². The smallest absolute Gasteiger partial charge is 0.303 e. The Hall–Kier alpha value is -1.62. The summed E-state index contributed by atoms with van der Waals surface area (Å²) in [5.41, 5.74) is 2.91. The Morgan fingerprint density at radius 3 is 2.94 bits per heavy atom. The first kappa shape index (κ1) is 12.8. The van der Waals surface area contributed by atoms with E-state index in [2.05, 4.69) is 21.0 Å². The number of aliphatic carboxylic acids is 1. The molecule has 0 radical (unpaired) electrons. The molecular formula is C13H13BrN2O2. The molecule has 0 amide bonds. The van der Waals surface area contributed by atoms with Gasteiger partial charge in [-0.1, -0.05) is 22.0 Å². The minimum atomic E-state index is -0.787. The van der Waals surface area contributed by atoms with Crippen molar-refractivity contribution in [2.24, 2.45) is 0 Å². The average molecular weight is 309 g/mol. The van der Waals surface area contributed by atoms with Gasteiger partial charge in [0.2, 0.25) is 0 Å². The molecule has 2 aromatic rings. The van der Waals surface area contributed by atoms with Gasteiger partial charge in [-0.05, 0) is 37.1 Å². The number of aromatic nitrogens is 2. The van der Waals surface area contributed by atoms with Crippen molar-refractivity contribution in [3.63, 3.8) is 0 Å². The summed E-state index contributed by atoms with van der Waals surface area (Å²) in [5, 5.41) is 13.0. The SMILES string of the molecule is Cc1c(CCC(=O)O)cnn1-c1cccc(Br)c1. The van der Waals surface area contributed by atoms with Crippen molar-refractivity contribution < 1.29 is 9.90 Å². The second-order valence-corrected chi connectivity index (χ2v) is 4.96. The van der Waals surface area contributed by atoms with Crippen LogP contribution < -0.4 is 0 Å². The maximum absolute atomic E-state index is 10.6. The summed E-state index contributed by atoms with van der Waals surface area (Å²) in [4.78, 5) is 10.6. The van der Waals surface area contributed by atoms with Crippen molar-refractivity contribution >= 4 is 21.9 Å². The number of hydrogen-bond donors (Lipinski definition) is 1. The molecule has 0 aliphatic heterocycles. The van der Waals surface area contributed by atoms with Gasteiger partial charge in [0, 0.05) is 16.6 Å². The Kier molecular flexibility index (Phi) is 3.81. The number of benzene rings is 1. The molecule has 0 atom stereocenters. The second kappa shape index (κ2) is 5.35. The zero-order valence-electron chi connectivity index (χ0n) is 9.93. The molecule has 18 heavy (non-hydrogen) atoms. The highest BCUT2D eigenvalue weighted by Gasteiger charge is 2.09. The van der Waals surface area contributed by atoms with E-state index >= 15 is 0 Å². The maximum Gasteiger partial charge on any atom is 0.303 e. The van der Waals surface area contributed by atoms with Gasteiger partial charge in [0.15, 0.2) is 0 Å². The van der Waals surface area contributed by atoms with E-state index in [-0.39, 0.29) is 6.42 Å². The van der Waals surface area contributed by atoms with Gasteiger partial charge in [-0.25, -0.2) is 4.68 Å². The van der Waals surface area contributed by atoms with Crippen molar-refractivity contribution in [1.82, 2.24) is 9.78 Å². The first-order valence-electron chi connectivity index (χ1n) is 5.59. The lowest BCUT2D eigenvalue weighted by Gasteiger charge is -2.05. The number of rotatable bonds is 4. The van der Waals surface area contributed by atoms with Crippen molar-refractivity contribution in [2.75, 3.05) is 0 Å². The van der Waals surface area contributed by atoms with Crippen LogP contribution in [0, 0.1) is 6.92 Å². The summed E-state index contributed by atoms with van der Waals surface area (Å²) >= 11 is 3.42. The number of hydrogen-bond acceptors (Lipinski definition) is 2. The van der Waals surface area contributed by atoms with Crippen molar-refractivity contribution in [3.05, 3.63) is 46.2 Å². The third-order valence-electron chi connectivity index (χ3n) is 2.77. The minimum absolute atomic E-state index is 0.130. The predicted molar refractivity (Wildman–Crippen MR) is 72.0 cm³/mol. The fourth-order valence-electron chi connectivity index (χ4n) is 1.80. The number of carboxylic acid groups (broad SMARTS) is 1. The first-order chi connectivity index (χ1) is 8.58. The van der Waals surface area contributed by atoms with Crippen LogP contribution in [0.5, 0.6) is 0 Å². The highest BCUT2D eigenvalue weighted by atomic mass is 79.9. The van der Waals surface area contributed by atoms with Crippen molar-refractivity contribution in [1.29, 1.82) is 0 Å². The second-order valence-electron chi connectivity index (χ2n) is 4.04. The van der Waals surface area contributed by atoms with Gasteiger partial charge >= 0.3 is 5.97 Å². The Balaban J connectivity index is 2.28. The lowest BCUT2D eigenvalue weighted by molar-refractivity contribution is -0.136. The Labute approximate surface area is 113 Å². The van der Waals surface area contributed by atoms with E-state index in [1.807, 2.05) is 35.9 Å². The van der Waals surface area contributed by atoms with Crippen LogP contribution in [0.2, 0.25) is 0 Å². The highest BCUT2D eigenvalue weighted by molar-refractivity contribution is 9.10. The molecule has 0 aliphatic rings. The summed E-state index contributed by atoms with van der Waals surface area (Å²) in [7, 11) is 0. The molecule has 5 heteroatoms. The van der Waals surface area contributed by atoms with Gasteiger partial charge < -0.3 is 5.11 Å². The van der Waals surface area contributed by atoms with E-state index in [1.54, 1.807) is 6.20 Å². The Morgan fingerprint density at radius 1 is 1.50 bits per heavy atom. The molecule has 0 saturated heterocycles. The average Bonchev–Trinajstić information content (AvgIpc) is 2.68. The topological polar surface area (TPSA) is 55.1 Å². The summed E-state index contributed by atoms with van der Waals surface area (Å²) in [6.45, 7) is 1.95. The van der Waals surface area contributed by atoms with Crippen LogP contribution >= 0.6 is 15.9 Å². The van der Waals surface area contributed by atoms with E-state index in [0.717, 1.165) is 21.4 Å². The van der Waals surface area contributed by atoms with E-state index < -0.39 is 5.97 Å². The fourth-order valence-corrected chi connectivity index (χ4v) is 2.19. The molecule has 0 unspecified atom stereocenters. The van der Waals surface area contributed by atoms with E-state index in [4.69, 9.17) is 5.11 Å². The summed E-state index contributed by atoms with van der Waals surface area (Å²) in [6.07, 6.45) is 2.37. The molecular weight excluding hydrogens is 296 g/mol. The monoisotopic (exact) mass is 308 g/mol. The van der Waals surface area contributed by atoms with Crippen molar-refractivity contribution in [3.8, 4) is 5.69 Å². The lowest BCUT2D eigenvalue weighted by Crippen LogP contribution is -2.01. The summed E-state index contributed by atoms with van der Waals surface area (Å²) < 4.78 is 2.81. The molecule has 1 N–H and O–H groups in total. The van der Waals surface area contributed by atoms with Crippen LogP contribution in [-0.4, -0.2) is 20.9 Å². The molecule has 1 heterocycles. The van der Waals surface area contributed by atoms with E-state index in [9.17, 15) is 4.79 Å². The standard InChI is InChI=1S/C13H13BrN2O2/c1-9-10(5-6-13(17)18)8-15-16(9)12-4-2-3-11(14)7-12/h2-4,7-8H,5-6H2,1H3,(H,17,18). The van der Waals surface area contributed by atoms with Crippen LogP contribution in [0.3, 0.4) is 0 Å². The van der Waals surface area contributed by atoms with Crippen LogP contribution in [-0.2, 0) is 11.2 Å². The predicted octanol–water partition coefficient (Wildman–Crippen LogP) is 2.96. The Bertz CT molecular complexity index is 578. The number of aryl methyl sites for hydroxylation is 1. The van der Waals surface area contributed by atoms with Gasteiger partial charge in [-0.15, -0.1) is 0 Å². The van der Waals surface area contributed by atoms with Crippen LogP contribution in [0.25, 0.3) is 5.69 Å². The fraction of sp³-hybridized carbons (Fsp3) is 0.231. The molecule has 1 aromatic heterocycles. The summed E-state index contributed by atoms with van der Waals surface area (Å²) in [5.74, 6) is -0.787. The quantitative estimate of drug-likeness (QED) is 0.944. The van der Waals surface area contributed by atoms with E-state index in [1.165, 1.54) is 0 Å². The van der Waals surface area contributed by atoms with Gasteiger partial charge in [-0.3, -0.25) is 4.79 Å².